The van der Waals surface area contributed by atoms with E-state index < -0.39 is 6.04 Å². The molecule has 1 aliphatic rings. The number of benzene rings is 1. The average Bonchev–Trinajstić information content (AvgIpc) is 2.68. The van der Waals surface area contributed by atoms with E-state index in [9.17, 15) is 9.59 Å². The van der Waals surface area contributed by atoms with E-state index in [1.807, 2.05) is 19.9 Å². The monoisotopic (exact) mass is 296 g/mol. The summed E-state index contributed by atoms with van der Waals surface area (Å²) in [6.07, 6.45) is 0. The summed E-state index contributed by atoms with van der Waals surface area (Å²) < 4.78 is 5.49. The molecule has 1 fully saturated rings. The van der Waals surface area contributed by atoms with Crippen molar-refractivity contribution in [1.82, 2.24) is 10.2 Å². The standard InChI is InChI=1S/C14H17ClN2O3/c1-9(2)12-13(18)17(14(19)16-12)7-8-20-11-6-4-3-5-10(11)15/h3-6,9,12H,7-8H2,1-2H3,(H,16,19). The zero-order valence-corrected chi connectivity index (χ0v) is 12.2. The number of carbonyl (C=O) groups is 2. The van der Waals surface area contributed by atoms with Gasteiger partial charge in [-0.1, -0.05) is 37.6 Å². The lowest BCUT2D eigenvalue weighted by atomic mass is 10.1. The van der Waals surface area contributed by atoms with E-state index in [2.05, 4.69) is 5.32 Å². The van der Waals surface area contributed by atoms with Crippen LogP contribution in [0.5, 0.6) is 5.75 Å². The minimum absolute atomic E-state index is 0.0703. The Kier molecular flexibility index (Phi) is 4.49. The molecule has 6 heteroatoms. The van der Waals surface area contributed by atoms with Crippen molar-refractivity contribution in [1.29, 1.82) is 0 Å². The second kappa shape index (κ2) is 6.13. The Morgan fingerprint density at radius 1 is 1.35 bits per heavy atom. The topological polar surface area (TPSA) is 58.6 Å². The van der Waals surface area contributed by atoms with Crippen LogP contribution in [-0.2, 0) is 4.79 Å². The molecule has 20 heavy (non-hydrogen) atoms. The maximum atomic E-state index is 12.0. The maximum absolute atomic E-state index is 12.0. The number of hydrogen-bond acceptors (Lipinski definition) is 3. The molecule has 0 radical (unpaired) electrons. The molecule has 1 unspecified atom stereocenters. The summed E-state index contributed by atoms with van der Waals surface area (Å²) >= 11 is 5.96. The molecule has 2 rings (SSSR count). The van der Waals surface area contributed by atoms with Gasteiger partial charge in [-0.15, -0.1) is 0 Å². The number of rotatable bonds is 5. The number of carbonyl (C=O) groups excluding carboxylic acids is 2. The van der Waals surface area contributed by atoms with Gasteiger partial charge in [0.15, 0.2) is 0 Å². The van der Waals surface area contributed by atoms with Gasteiger partial charge in [0.25, 0.3) is 5.91 Å². The summed E-state index contributed by atoms with van der Waals surface area (Å²) in [6, 6.07) is 6.27. The predicted molar refractivity (Wildman–Crippen MR) is 75.8 cm³/mol. The third kappa shape index (κ3) is 3.04. The van der Waals surface area contributed by atoms with E-state index in [-0.39, 0.29) is 31.0 Å². The average molecular weight is 297 g/mol. The number of nitrogens with zero attached hydrogens (tertiary/aromatic N) is 1. The number of para-hydroxylation sites is 1. The third-order valence-electron chi connectivity index (χ3n) is 3.13. The Labute approximate surface area is 122 Å². The van der Waals surface area contributed by atoms with Crippen molar-refractivity contribution in [2.24, 2.45) is 5.92 Å². The van der Waals surface area contributed by atoms with Crippen LogP contribution in [-0.4, -0.2) is 36.0 Å². The van der Waals surface area contributed by atoms with Crippen molar-refractivity contribution in [3.05, 3.63) is 29.3 Å². The number of hydrogen-bond donors (Lipinski definition) is 1. The SMILES string of the molecule is CC(C)C1NC(=O)N(CCOc2ccccc2Cl)C1=O. The number of halogens is 1. The van der Waals surface area contributed by atoms with Crippen LogP contribution in [0.3, 0.4) is 0 Å². The number of urea groups is 1. The zero-order chi connectivity index (χ0) is 14.7. The first-order valence-electron chi connectivity index (χ1n) is 6.50. The van der Waals surface area contributed by atoms with Gasteiger partial charge in [0.2, 0.25) is 0 Å². The van der Waals surface area contributed by atoms with E-state index in [4.69, 9.17) is 16.3 Å². The van der Waals surface area contributed by atoms with Gasteiger partial charge in [-0.05, 0) is 18.1 Å². The quantitative estimate of drug-likeness (QED) is 0.848. The highest BCUT2D eigenvalue weighted by atomic mass is 35.5. The molecule has 0 spiro atoms. The van der Waals surface area contributed by atoms with Crippen molar-refractivity contribution in [2.75, 3.05) is 13.2 Å². The van der Waals surface area contributed by atoms with Crippen molar-refractivity contribution < 1.29 is 14.3 Å². The highest BCUT2D eigenvalue weighted by Crippen LogP contribution is 2.23. The largest absolute Gasteiger partial charge is 0.490 e. The van der Waals surface area contributed by atoms with Gasteiger partial charge in [-0.25, -0.2) is 4.79 Å². The molecule has 1 N–H and O–H groups in total. The van der Waals surface area contributed by atoms with Crippen LogP contribution in [0, 0.1) is 5.92 Å². The molecule has 1 saturated heterocycles. The Bertz CT molecular complexity index is 519. The van der Waals surface area contributed by atoms with Crippen molar-refractivity contribution in [3.8, 4) is 5.75 Å². The highest BCUT2D eigenvalue weighted by Gasteiger charge is 2.39. The minimum Gasteiger partial charge on any atom is -0.490 e. The number of amides is 3. The van der Waals surface area contributed by atoms with Gasteiger partial charge in [0.05, 0.1) is 11.6 Å². The molecule has 3 amide bonds. The molecule has 1 heterocycles. The van der Waals surface area contributed by atoms with Crippen LogP contribution >= 0.6 is 11.6 Å². The summed E-state index contributed by atoms with van der Waals surface area (Å²) in [7, 11) is 0. The predicted octanol–water partition coefficient (Wildman–Crippen LogP) is 2.30. The first kappa shape index (κ1) is 14.7. The van der Waals surface area contributed by atoms with E-state index in [0.717, 1.165) is 0 Å². The Morgan fingerprint density at radius 3 is 2.65 bits per heavy atom. The minimum atomic E-state index is -0.442. The molecule has 1 aromatic rings. The van der Waals surface area contributed by atoms with Gasteiger partial charge in [0, 0.05) is 0 Å². The van der Waals surface area contributed by atoms with Crippen molar-refractivity contribution in [3.63, 3.8) is 0 Å². The maximum Gasteiger partial charge on any atom is 0.324 e. The smallest absolute Gasteiger partial charge is 0.324 e. The van der Waals surface area contributed by atoms with Gasteiger partial charge in [0.1, 0.15) is 18.4 Å². The lowest BCUT2D eigenvalue weighted by molar-refractivity contribution is -0.128. The Hall–Kier alpha value is -1.75. The molecule has 5 nitrogen and oxygen atoms in total. The van der Waals surface area contributed by atoms with Gasteiger partial charge < -0.3 is 10.1 Å². The third-order valence-corrected chi connectivity index (χ3v) is 3.44. The van der Waals surface area contributed by atoms with Gasteiger partial charge >= 0.3 is 6.03 Å². The second-order valence-electron chi connectivity index (χ2n) is 4.94. The van der Waals surface area contributed by atoms with E-state index in [0.29, 0.717) is 10.8 Å². The molecule has 1 aromatic carbocycles. The van der Waals surface area contributed by atoms with Crippen molar-refractivity contribution in [2.45, 2.75) is 19.9 Å². The Balaban J connectivity index is 1.90. The summed E-state index contributed by atoms with van der Waals surface area (Å²) in [6.45, 7) is 4.21. The van der Waals surface area contributed by atoms with Crippen LogP contribution in [0.1, 0.15) is 13.8 Å². The van der Waals surface area contributed by atoms with Crippen LogP contribution in [0.15, 0.2) is 24.3 Å². The van der Waals surface area contributed by atoms with Crippen molar-refractivity contribution >= 4 is 23.5 Å². The lowest BCUT2D eigenvalue weighted by Crippen LogP contribution is -2.36. The molecule has 0 bridgehead atoms. The molecule has 108 valence electrons. The Morgan fingerprint density at radius 2 is 2.05 bits per heavy atom. The molecular formula is C14H17ClN2O3. The van der Waals surface area contributed by atoms with E-state index >= 15 is 0 Å². The summed E-state index contributed by atoms with van der Waals surface area (Å²) in [5.74, 6) is 0.412. The van der Waals surface area contributed by atoms with Crippen LogP contribution in [0.25, 0.3) is 0 Å². The fourth-order valence-corrected chi connectivity index (χ4v) is 2.20. The zero-order valence-electron chi connectivity index (χ0n) is 11.4. The normalized spacial score (nSPS) is 18.6. The van der Waals surface area contributed by atoms with E-state index in [1.165, 1.54) is 4.90 Å². The summed E-state index contributed by atoms with van der Waals surface area (Å²) in [5.41, 5.74) is 0. The van der Waals surface area contributed by atoms with Gasteiger partial charge in [-0.2, -0.15) is 0 Å². The molecular weight excluding hydrogens is 280 g/mol. The summed E-state index contributed by atoms with van der Waals surface area (Å²) in [4.78, 5) is 24.9. The molecule has 1 aliphatic heterocycles. The van der Waals surface area contributed by atoms with Gasteiger partial charge in [-0.3, -0.25) is 9.69 Å². The first-order chi connectivity index (χ1) is 9.50. The highest BCUT2D eigenvalue weighted by molar-refractivity contribution is 6.32. The van der Waals surface area contributed by atoms with Crippen LogP contribution in [0.2, 0.25) is 5.02 Å². The number of imide groups is 1. The molecule has 1 atom stereocenters. The first-order valence-corrected chi connectivity index (χ1v) is 6.87. The van der Waals surface area contributed by atoms with E-state index in [1.54, 1.807) is 18.2 Å². The number of ether oxygens (including phenoxy) is 1. The van der Waals surface area contributed by atoms with Crippen LogP contribution in [0.4, 0.5) is 4.79 Å². The summed E-state index contributed by atoms with van der Waals surface area (Å²) in [5, 5.41) is 3.17. The fraction of sp³-hybridized carbons (Fsp3) is 0.429. The molecule has 0 saturated carbocycles. The number of nitrogens with one attached hydrogen (secondary N) is 1. The lowest BCUT2D eigenvalue weighted by Gasteiger charge is -2.15. The second-order valence-corrected chi connectivity index (χ2v) is 5.35. The van der Waals surface area contributed by atoms with Crippen LogP contribution < -0.4 is 10.1 Å². The fourth-order valence-electron chi connectivity index (χ4n) is 2.01. The molecule has 0 aliphatic carbocycles. The molecule has 0 aromatic heterocycles.